The molecule has 0 aliphatic carbocycles. The van der Waals surface area contributed by atoms with Crippen molar-refractivity contribution in [1.82, 2.24) is 5.32 Å². The Morgan fingerprint density at radius 3 is 0.973 bits per heavy atom. The summed E-state index contributed by atoms with van der Waals surface area (Å²) < 4.78 is 5.48. The minimum atomic E-state index is -0.674. The third kappa shape index (κ3) is 59.7. The van der Waals surface area contributed by atoms with Gasteiger partial charge in [-0.2, -0.15) is 0 Å². The van der Waals surface area contributed by atoms with Crippen molar-refractivity contribution < 1.29 is 24.5 Å². The van der Waals surface area contributed by atoms with Gasteiger partial charge in [-0.05, 0) is 51.4 Å². The van der Waals surface area contributed by atoms with Gasteiger partial charge in [0.2, 0.25) is 5.91 Å². The van der Waals surface area contributed by atoms with Crippen molar-refractivity contribution in [2.75, 3.05) is 13.2 Å². The highest BCUT2D eigenvalue weighted by atomic mass is 16.5. The van der Waals surface area contributed by atoms with Crippen molar-refractivity contribution in [3.8, 4) is 0 Å². The summed E-state index contributed by atoms with van der Waals surface area (Å²) in [6.45, 7) is 4.98. The molecule has 73 heavy (non-hydrogen) atoms. The van der Waals surface area contributed by atoms with Crippen molar-refractivity contribution >= 4 is 11.9 Å². The summed E-state index contributed by atoms with van der Waals surface area (Å²) in [5.74, 6) is -0.0380. The van der Waals surface area contributed by atoms with Crippen molar-refractivity contribution in [2.45, 2.75) is 392 Å². The van der Waals surface area contributed by atoms with Gasteiger partial charge in [-0.15, -0.1) is 0 Å². The SMILES string of the molecule is CCCCCCCCCCCCCCCCCCCCCCCCCCC(O)C(CO)NC(=O)CCCCCCC/C=C\CCCCCCCCCCCOC(=O)CCCCCCCCCCCCCCCC. The van der Waals surface area contributed by atoms with Gasteiger partial charge in [0.05, 0.1) is 25.4 Å². The highest BCUT2D eigenvalue weighted by molar-refractivity contribution is 5.76. The Kier molecular flexibility index (Phi) is 61.9. The number of esters is 1. The zero-order chi connectivity index (χ0) is 52.9. The number of aliphatic hydroxyl groups excluding tert-OH is 2. The van der Waals surface area contributed by atoms with Crippen LogP contribution in [0.3, 0.4) is 0 Å². The predicted molar refractivity (Wildman–Crippen MR) is 320 cm³/mol. The van der Waals surface area contributed by atoms with Crippen LogP contribution in [0.2, 0.25) is 0 Å². The maximum absolute atomic E-state index is 12.5. The van der Waals surface area contributed by atoms with Crippen LogP contribution in [0, 0.1) is 0 Å². The maximum Gasteiger partial charge on any atom is 0.305 e. The standard InChI is InChI=1S/C67H131NO5/c1-3-5-7-9-11-13-15-17-19-20-21-22-23-24-25-26-29-32-35-39-43-47-51-55-59-65(70)64(63-69)68-66(71)60-56-52-48-44-40-36-33-30-27-28-31-34-38-42-46-50-54-58-62-73-67(72)61-57-53-49-45-41-37-18-16-14-12-10-8-6-4-2/h30,33,64-65,69-70H,3-29,31-32,34-63H2,1-2H3,(H,68,71)/b33-30-. The molecule has 0 aliphatic rings. The average molecular weight is 1030 g/mol. The molecule has 0 aromatic carbocycles. The molecule has 1 amide bonds. The molecule has 0 aromatic rings. The fourth-order valence-electron chi connectivity index (χ4n) is 10.7. The largest absolute Gasteiger partial charge is 0.466 e. The summed E-state index contributed by atoms with van der Waals surface area (Å²) >= 11 is 0. The summed E-state index contributed by atoms with van der Waals surface area (Å²) in [7, 11) is 0. The summed E-state index contributed by atoms with van der Waals surface area (Å²) in [6, 6.07) is -0.552. The first kappa shape index (κ1) is 71.6. The minimum Gasteiger partial charge on any atom is -0.466 e. The lowest BCUT2D eigenvalue weighted by Crippen LogP contribution is -2.45. The molecule has 2 atom stereocenters. The van der Waals surface area contributed by atoms with Crippen LogP contribution in [-0.4, -0.2) is 47.4 Å². The van der Waals surface area contributed by atoms with Crippen molar-refractivity contribution in [2.24, 2.45) is 0 Å². The second-order valence-electron chi connectivity index (χ2n) is 23.2. The van der Waals surface area contributed by atoms with E-state index >= 15 is 0 Å². The number of ether oxygens (including phenoxy) is 1. The number of aliphatic hydroxyl groups is 2. The molecule has 434 valence electrons. The summed E-state index contributed by atoms with van der Waals surface area (Å²) in [5, 5.41) is 23.4. The fraction of sp³-hybridized carbons (Fsp3) is 0.940. The van der Waals surface area contributed by atoms with Crippen molar-refractivity contribution in [3.05, 3.63) is 12.2 Å². The molecular weight excluding hydrogens is 899 g/mol. The Labute approximate surface area is 457 Å². The Morgan fingerprint density at radius 2 is 0.644 bits per heavy atom. The van der Waals surface area contributed by atoms with E-state index in [2.05, 4.69) is 31.3 Å². The van der Waals surface area contributed by atoms with Crippen LogP contribution in [0.5, 0.6) is 0 Å². The molecule has 0 aromatic heterocycles. The molecule has 0 aliphatic heterocycles. The molecule has 6 heteroatoms. The number of carbonyl (C=O) groups is 2. The van der Waals surface area contributed by atoms with E-state index in [1.807, 2.05) is 0 Å². The second-order valence-corrected chi connectivity index (χ2v) is 23.2. The molecule has 0 bridgehead atoms. The Morgan fingerprint density at radius 1 is 0.370 bits per heavy atom. The van der Waals surface area contributed by atoms with Gasteiger partial charge in [0.25, 0.3) is 0 Å². The van der Waals surface area contributed by atoms with Gasteiger partial charge in [0.15, 0.2) is 0 Å². The molecule has 0 fully saturated rings. The number of carbonyl (C=O) groups excluding carboxylic acids is 2. The molecule has 0 spiro atoms. The zero-order valence-electron chi connectivity index (χ0n) is 49.6. The average Bonchev–Trinajstić information content (AvgIpc) is 3.39. The monoisotopic (exact) mass is 1030 g/mol. The van der Waals surface area contributed by atoms with Gasteiger partial charge >= 0.3 is 5.97 Å². The lowest BCUT2D eigenvalue weighted by molar-refractivity contribution is -0.143. The number of nitrogens with one attached hydrogen (secondary N) is 1. The third-order valence-corrected chi connectivity index (χ3v) is 15.8. The summed E-state index contributed by atoms with van der Waals surface area (Å²) in [6.07, 6.45) is 76.6. The van der Waals surface area contributed by atoms with Crippen LogP contribution < -0.4 is 5.32 Å². The molecule has 2 unspecified atom stereocenters. The van der Waals surface area contributed by atoms with Gasteiger partial charge in [-0.3, -0.25) is 9.59 Å². The molecule has 0 saturated heterocycles. The molecular formula is C67H131NO5. The van der Waals surface area contributed by atoms with Crippen LogP contribution in [0.4, 0.5) is 0 Å². The van der Waals surface area contributed by atoms with Crippen LogP contribution in [0.15, 0.2) is 12.2 Å². The topological polar surface area (TPSA) is 95.9 Å². The first-order valence-electron chi connectivity index (χ1n) is 33.4. The van der Waals surface area contributed by atoms with Crippen molar-refractivity contribution in [3.63, 3.8) is 0 Å². The second kappa shape index (κ2) is 63.1. The number of unbranched alkanes of at least 4 members (excludes halogenated alkanes) is 50. The molecule has 0 radical (unpaired) electrons. The Hall–Kier alpha value is -1.40. The minimum absolute atomic E-state index is 0.00649. The number of allylic oxidation sites excluding steroid dienone is 2. The van der Waals surface area contributed by atoms with Crippen molar-refractivity contribution in [1.29, 1.82) is 0 Å². The first-order chi connectivity index (χ1) is 36.0. The Bertz CT molecular complexity index is 1100. The van der Waals surface area contributed by atoms with E-state index in [-0.39, 0.29) is 18.5 Å². The molecule has 3 N–H and O–H groups in total. The van der Waals surface area contributed by atoms with E-state index in [1.165, 1.54) is 289 Å². The quantitative estimate of drug-likeness (QED) is 0.0320. The van der Waals surface area contributed by atoms with Gasteiger partial charge in [-0.1, -0.05) is 328 Å². The van der Waals surface area contributed by atoms with Crippen LogP contribution in [-0.2, 0) is 14.3 Å². The lowest BCUT2D eigenvalue weighted by Gasteiger charge is -2.22. The Balaban J connectivity index is 3.43. The van der Waals surface area contributed by atoms with E-state index in [0.29, 0.717) is 25.9 Å². The predicted octanol–water partition coefficient (Wildman–Crippen LogP) is 21.2. The van der Waals surface area contributed by atoms with Gasteiger partial charge in [0.1, 0.15) is 0 Å². The molecule has 0 heterocycles. The number of rotatable bonds is 63. The number of hydrogen-bond acceptors (Lipinski definition) is 5. The van der Waals surface area contributed by atoms with E-state index in [4.69, 9.17) is 4.74 Å². The maximum atomic E-state index is 12.5. The number of hydrogen-bond donors (Lipinski definition) is 3. The van der Waals surface area contributed by atoms with Gasteiger partial charge in [-0.25, -0.2) is 0 Å². The van der Waals surface area contributed by atoms with Gasteiger partial charge in [0, 0.05) is 12.8 Å². The van der Waals surface area contributed by atoms with Gasteiger partial charge < -0.3 is 20.3 Å². The van der Waals surface area contributed by atoms with E-state index in [0.717, 1.165) is 57.8 Å². The number of amides is 1. The molecule has 0 rings (SSSR count). The smallest absolute Gasteiger partial charge is 0.305 e. The highest BCUT2D eigenvalue weighted by Crippen LogP contribution is 2.19. The fourth-order valence-corrected chi connectivity index (χ4v) is 10.7. The molecule has 6 nitrogen and oxygen atoms in total. The lowest BCUT2D eigenvalue weighted by atomic mass is 10.0. The molecule has 0 saturated carbocycles. The van der Waals surface area contributed by atoms with E-state index < -0.39 is 12.1 Å². The highest BCUT2D eigenvalue weighted by Gasteiger charge is 2.20. The van der Waals surface area contributed by atoms with Crippen LogP contribution in [0.25, 0.3) is 0 Å². The van der Waals surface area contributed by atoms with Crippen LogP contribution in [0.1, 0.15) is 380 Å². The van der Waals surface area contributed by atoms with Crippen LogP contribution >= 0.6 is 0 Å². The zero-order valence-corrected chi connectivity index (χ0v) is 49.6. The third-order valence-electron chi connectivity index (χ3n) is 15.8. The summed E-state index contributed by atoms with van der Waals surface area (Å²) in [4.78, 5) is 24.6. The normalized spacial score (nSPS) is 12.5. The first-order valence-corrected chi connectivity index (χ1v) is 33.4. The van der Waals surface area contributed by atoms with E-state index in [9.17, 15) is 19.8 Å². The van der Waals surface area contributed by atoms with E-state index in [1.54, 1.807) is 0 Å². The summed E-state index contributed by atoms with van der Waals surface area (Å²) in [5.41, 5.74) is 0.